The van der Waals surface area contributed by atoms with Crippen LogP contribution in [0.2, 0.25) is 0 Å². The van der Waals surface area contributed by atoms with Crippen molar-refractivity contribution in [1.82, 2.24) is 4.90 Å². The van der Waals surface area contributed by atoms with Crippen molar-refractivity contribution in [3.8, 4) is 22.6 Å². The van der Waals surface area contributed by atoms with E-state index >= 15 is 0 Å². The van der Waals surface area contributed by atoms with Crippen LogP contribution in [-0.2, 0) is 4.74 Å². The zero-order chi connectivity index (χ0) is 26.5. The Morgan fingerprint density at radius 3 is 2.58 bits per heavy atom. The standard InChI is InChI=1S/C32H34FNO4/c1-36-26-12-14-28-23(20-26)8-13-27(24-9-15-29(33)30(21-24)37-2)31(28)32(35)22-6-10-25(11-7-22)38-19-18-34-16-4-3-5-17-34/h6-10,12-15,20-21,25H,3-5,11,16-19H2,1-2H3. The lowest BCUT2D eigenvalue weighted by molar-refractivity contribution is 0.0609. The minimum Gasteiger partial charge on any atom is -0.497 e. The van der Waals surface area contributed by atoms with Gasteiger partial charge in [0.25, 0.3) is 0 Å². The molecule has 1 atom stereocenters. The molecule has 6 heteroatoms. The van der Waals surface area contributed by atoms with E-state index in [9.17, 15) is 9.18 Å². The predicted molar refractivity (Wildman–Crippen MR) is 149 cm³/mol. The molecule has 1 aliphatic heterocycles. The number of rotatable bonds is 9. The van der Waals surface area contributed by atoms with Gasteiger partial charge in [0, 0.05) is 17.7 Å². The van der Waals surface area contributed by atoms with Gasteiger partial charge in [-0.05, 0) is 84.6 Å². The Morgan fingerprint density at radius 2 is 1.84 bits per heavy atom. The third-order valence-electron chi connectivity index (χ3n) is 7.43. The molecule has 1 unspecified atom stereocenters. The molecule has 5 nitrogen and oxygen atoms in total. The van der Waals surface area contributed by atoms with Crippen molar-refractivity contribution in [3.63, 3.8) is 0 Å². The van der Waals surface area contributed by atoms with Crippen molar-refractivity contribution in [2.75, 3.05) is 40.5 Å². The maximum Gasteiger partial charge on any atom is 0.193 e. The Labute approximate surface area is 223 Å². The van der Waals surface area contributed by atoms with Crippen LogP contribution < -0.4 is 9.47 Å². The molecule has 1 saturated heterocycles. The molecule has 0 radical (unpaired) electrons. The van der Waals surface area contributed by atoms with Gasteiger partial charge >= 0.3 is 0 Å². The number of hydrogen-bond acceptors (Lipinski definition) is 5. The lowest BCUT2D eigenvalue weighted by Crippen LogP contribution is -2.33. The average molecular weight is 516 g/mol. The molecule has 0 bridgehead atoms. The first-order valence-corrected chi connectivity index (χ1v) is 13.3. The fourth-order valence-corrected chi connectivity index (χ4v) is 5.30. The molecule has 1 heterocycles. The van der Waals surface area contributed by atoms with E-state index in [1.165, 1.54) is 32.4 Å². The lowest BCUT2D eigenvalue weighted by atomic mass is 9.87. The second-order valence-corrected chi connectivity index (χ2v) is 9.82. The van der Waals surface area contributed by atoms with Gasteiger partial charge in [0.2, 0.25) is 0 Å². The Hall–Kier alpha value is -3.48. The van der Waals surface area contributed by atoms with Crippen LogP contribution in [-0.4, -0.2) is 57.2 Å². The van der Waals surface area contributed by atoms with Crippen LogP contribution in [0.15, 0.2) is 72.3 Å². The number of ketones is 1. The number of halogens is 1. The van der Waals surface area contributed by atoms with Crippen molar-refractivity contribution < 1.29 is 23.4 Å². The topological polar surface area (TPSA) is 48.0 Å². The number of benzene rings is 3. The maximum atomic E-state index is 14.2. The van der Waals surface area contributed by atoms with E-state index in [1.807, 2.05) is 48.6 Å². The number of methoxy groups -OCH3 is 2. The molecule has 0 saturated carbocycles. The van der Waals surface area contributed by atoms with Crippen molar-refractivity contribution in [2.24, 2.45) is 0 Å². The summed E-state index contributed by atoms with van der Waals surface area (Å²) in [5.74, 6) is 0.325. The van der Waals surface area contributed by atoms with Gasteiger partial charge in [0.05, 0.1) is 26.9 Å². The van der Waals surface area contributed by atoms with Crippen LogP contribution in [0.4, 0.5) is 4.39 Å². The second kappa shape index (κ2) is 11.9. The van der Waals surface area contributed by atoms with Crippen LogP contribution in [0.25, 0.3) is 21.9 Å². The monoisotopic (exact) mass is 515 g/mol. The Balaban J connectivity index is 1.41. The van der Waals surface area contributed by atoms with Crippen LogP contribution in [0.5, 0.6) is 11.5 Å². The highest BCUT2D eigenvalue weighted by molar-refractivity contribution is 6.21. The maximum absolute atomic E-state index is 14.2. The molecule has 1 aliphatic carbocycles. The molecule has 2 aliphatic rings. The fourth-order valence-electron chi connectivity index (χ4n) is 5.30. The Kier molecular flexibility index (Phi) is 8.20. The first kappa shape index (κ1) is 26.1. The Morgan fingerprint density at radius 1 is 1.00 bits per heavy atom. The first-order chi connectivity index (χ1) is 18.6. The number of Topliss-reactive ketones (excluding diaryl/α,β-unsaturated/α-hetero) is 1. The van der Waals surface area contributed by atoms with Gasteiger partial charge in [-0.3, -0.25) is 4.79 Å². The smallest absolute Gasteiger partial charge is 0.193 e. The molecule has 0 amide bonds. The number of ether oxygens (including phenoxy) is 3. The third-order valence-corrected chi connectivity index (χ3v) is 7.43. The number of carbonyl (C=O) groups excluding carboxylic acids is 1. The van der Waals surface area contributed by atoms with Gasteiger partial charge in [-0.2, -0.15) is 0 Å². The van der Waals surface area contributed by atoms with Gasteiger partial charge in [-0.25, -0.2) is 4.39 Å². The number of hydrogen-bond donors (Lipinski definition) is 0. The highest BCUT2D eigenvalue weighted by Crippen LogP contribution is 2.36. The molecule has 198 valence electrons. The van der Waals surface area contributed by atoms with Crippen molar-refractivity contribution in [2.45, 2.75) is 31.8 Å². The normalized spacial score (nSPS) is 17.9. The Bertz CT molecular complexity index is 1370. The minimum atomic E-state index is -0.445. The van der Waals surface area contributed by atoms with Gasteiger partial charge < -0.3 is 19.1 Å². The van der Waals surface area contributed by atoms with E-state index in [0.29, 0.717) is 35.5 Å². The van der Waals surface area contributed by atoms with Crippen LogP contribution >= 0.6 is 0 Å². The van der Waals surface area contributed by atoms with E-state index in [2.05, 4.69) is 4.90 Å². The summed E-state index contributed by atoms with van der Waals surface area (Å²) < 4.78 is 30.9. The molecule has 0 N–H and O–H groups in total. The van der Waals surface area contributed by atoms with Gasteiger partial charge in [0.15, 0.2) is 17.3 Å². The summed E-state index contributed by atoms with van der Waals surface area (Å²) in [6, 6.07) is 14.2. The summed E-state index contributed by atoms with van der Waals surface area (Å²) in [5, 5.41) is 1.70. The van der Waals surface area contributed by atoms with Crippen molar-refractivity contribution in [1.29, 1.82) is 0 Å². The fraction of sp³-hybridized carbons (Fsp3) is 0.344. The molecule has 0 spiro atoms. The second-order valence-electron chi connectivity index (χ2n) is 9.82. The van der Waals surface area contributed by atoms with Gasteiger partial charge in [-0.1, -0.05) is 42.8 Å². The van der Waals surface area contributed by atoms with Gasteiger partial charge in [-0.15, -0.1) is 0 Å². The molecule has 3 aromatic rings. The molecular weight excluding hydrogens is 481 g/mol. The summed E-state index contributed by atoms with van der Waals surface area (Å²) in [6.45, 7) is 3.95. The molecule has 5 rings (SSSR count). The van der Waals surface area contributed by atoms with E-state index in [4.69, 9.17) is 14.2 Å². The molecule has 1 fully saturated rings. The zero-order valence-corrected chi connectivity index (χ0v) is 22.0. The van der Waals surface area contributed by atoms with Gasteiger partial charge in [0.1, 0.15) is 5.75 Å². The predicted octanol–water partition coefficient (Wildman–Crippen LogP) is 6.60. The average Bonchev–Trinajstić information content (AvgIpc) is 2.97. The summed E-state index contributed by atoms with van der Waals surface area (Å²) in [7, 11) is 3.05. The van der Waals surface area contributed by atoms with Crippen LogP contribution in [0.1, 0.15) is 36.0 Å². The SMILES string of the molecule is COc1ccc2c(C(=O)C3=CCC(OCCN4CCCCC4)C=C3)c(-c3ccc(F)c(OC)c3)ccc2c1. The van der Waals surface area contributed by atoms with E-state index in [-0.39, 0.29) is 17.6 Å². The lowest BCUT2D eigenvalue weighted by Gasteiger charge is -2.27. The summed E-state index contributed by atoms with van der Waals surface area (Å²) >= 11 is 0. The van der Waals surface area contributed by atoms with E-state index in [1.54, 1.807) is 19.2 Å². The largest absolute Gasteiger partial charge is 0.497 e. The molecule has 38 heavy (non-hydrogen) atoms. The number of likely N-dealkylation sites (tertiary alicyclic amines) is 1. The van der Waals surface area contributed by atoms with E-state index < -0.39 is 5.82 Å². The van der Waals surface area contributed by atoms with Crippen molar-refractivity contribution in [3.05, 3.63) is 83.7 Å². The number of nitrogens with zero attached hydrogens (tertiary/aromatic N) is 1. The minimum absolute atomic E-state index is 0.0334. The van der Waals surface area contributed by atoms with Crippen LogP contribution in [0, 0.1) is 5.82 Å². The first-order valence-electron chi connectivity index (χ1n) is 13.3. The van der Waals surface area contributed by atoms with Crippen LogP contribution in [0.3, 0.4) is 0 Å². The molecule has 0 aromatic heterocycles. The van der Waals surface area contributed by atoms with E-state index in [0.717, 1.165) is 36.0 Å². The number of piperidine rings is 1. The highest BCUT2D eigenvalue weighted by Gasteiger charge is 2.22. The summed E-state index contributed by atoms with van der Waals surface area (Å²) in [5.41, 5.74) is 2.63. The number of carbonyl (C=O) groups is 1. The third kappa shape index (κ3) is 5.66. The highest BCUT2D eigenvalue weighted by atomic mass is 19.1. The number of fused-ring (bicyclic) bond motifs is 1. The molecule has 3 aromatic carbocycles. The van der Waals surface area contributed by atoms with Crippen molar-refractivity contribution >= 4 is 16.6 Å². The number of allylic oxidation sites excluding steroid dienone is 2. The quantitative estimate of drug-likeness (QED) is 0.301. The zero-order valence-electron chi connectivity index (χ0n) is 22.0. The summed E-state index contributed by atoms with van der Waals surface area (Å²) in [4.78, 5) is 16.5. The molecular formula is C32H34FNO4. The summed E-state index contributed by atoms with van der Waals surface area (Å²) in [6.07, 6.45) is 10.3.